The summed E-state index contributed by atoms with van der Waals surface area (Å²) in [4.78, 5) is 4.21. The topological polar surface area (TPSA) is 48.1 Å². The van der Waals surface area contributed by atoms with E-state index >= 15 is 0 Å². The fraction of sp³-hybridized carbons (Fsp3) is 0.357. The Hall–Kier alpha value is -1.55. The number of fused-ring (bicyclic) bond motifs is 1. The molecule has 3 nitrogen and oxygen atoms in total. The zero-order valence-corrected chi connectivity index (χ0v) is 11.0. The average Bonchev–Trinajstić information content (AvgIpc) is 2.82. The Kier molecular flexibility index (Phi) is 3.19. The first kappa shape index (κ1) is 11.5. The Morgan fingerprint density at radius 2 is 2.17 bits per heavy atom. The SMILES string of the molecule is Nc1nc(COc2cccc3c2CCCC3)cs1. The molecule has 94 valence electrons. The van der Waals surface area contributed by atoms with E-state index in [1.54, 1.807) is 0 Å². The van der Waals surface area contributed by atoms with Gasteiger partial charge in [-0.15, -0.1) is 11.3 Å². The van der Waals surface area contributed by atoms with Crippen molar-refractivity contribution in [3.05, 3.63) is 40.4 Å². The normalized spacial score (nSPS) is 14.2. The molecule has 0 saturated carbocycles. The molecule has 1 aliphatic rings. The van der Waals surface area contributed by atoms with Crippen molar-refractivity contribution in [2.75, 3.05) is 5.73 Å². The smallest absolute Gasteiger partial charge is 0.180 e. The van der Waals surface area contributed by atoms with Crippen molar-refractivity contribution in [2.45, 2.75) is 32.3 Å². The summed E-state index contributed by atoms with van der Waals surface area (Å²) in [7, 11) is 0. The van der Waals surface area contributed by atoms with Crippen LogP contribution in [0.4, 0.5) is 5.13 Å². The van der Waals surface area contributed by atoms with E-state index in [4.69, 9.17) is 10.5 Å². The standard InChI is InChI=1S/C14H16N2OS/c15-14-16-11(9-18-14)8-17-13-7-3-5-10-4-1-2-6-12(10)13/h3,5,7,9H,1-2,4,6,8H2,(H2,15,16). The van der Waals surface area contributed by atoms with E-state index in [1.165, 1.54) is 41.7 Å². The summed E-state index contributed by atoms with van der Waals surface area (Å²) in [5.74, 6) is 1.01. The molecule has 1 heterocycles. The maximum atomic E-state index is 5.89. The summed E-state index contributed by atoms with van der Waals surface area (Å²) >= 11 is 1.45. The maximum Gasteiger partial charge on any atom is 0.180 e. The van der Waals surface area contributed by atoms with Gasteiger partial charge in [0.15, 0.2) is 5.13 Å². The highest BCUT2D eigenvalue weighted by Crippen LogP contribution is 2.30. The van der Waals surface area contributed by atoms with Crippen molar-refractivity contribution in [3.8, 4) is 5.75 Å². The van der Waals surface area contributed by atoms with Gasteiger partial charge in [-0.1, -0.05) is 12.1 Å². The number of nitrogen functional groups attached to an aromatic ring is 1. The highest BCUT2D eigenvalue weighted by Gasteiger charge is 2.13. The molecule has 18 heavy (non-hydrogen) atoms. The number of hydrogen-bond acceptors (Lipinski definition) is 4. The second-order valence-corrected chi connectivity index (χ2v) is 5.46. The van der Waals surface area contributed by atoms with Crippen LogP contribution in [0.5, 0.6) is 5.75 Å². The molecular weight excluding hydrogens is 244 g/mol. The number of benzene rings is 1. The fourth-order valence-corrected chi connectivity index (χ4v) is 2.97. The fourth-order valence-electron chi connectivity index (χ4n) is 2.42. The Morgan fingerprint density at radius 3 is 3.00 bits per heavy atom. The number of anilines is 1. The Morgan fingerprint density at radius 1 is 1.28 bits per heavy atom. The van der Waals surface area contributed by atoms with Crippen LogP contribution in [-0.4, -0.2) is 4.98 Å². The molecule has 1 aromatic heterocycles. The Bertz CT molecular complexity index is 550. The van der Waals surface area contributed by atoms with Gasteiger partial charge in [0.25, 0.3) is 0 Å². The molecule has 3 rings (SSSR count). The third kappa shape index (κ3) is 2.34. The molecule has 0 unspecified atom stereocenters. The first-order chi connectivity index (χ1) is 8.83. The Balaban J connectivity index is 1.76. The summed E-state index contributed by atoms with van der Waals surface area (Å²) in [6.07, 6.45) is 4.86. The first-order valence-corrected chi connectivity index (χ1v) is 7.14. The van der Waals surface area contributed by atoms with Gasteiger partial charge in [0.2, 0.25) is 0 Å². The predicted octanol–water partition coefficient (Wildman–Crippen LogP) is 3.18. The van der Waals surface area contributed by atoms with Crippen LogP contribution in [0.2, 0.25) is 0 Å². The van der Waals surface area contributed by atoms with Gasteiger partial charge >= 0.3 is 0 Å². The minimum Gasteiger partial charge on any atom is -0.487 e. The number of nitrogens with zero attached hydrogens (tertiary/aromatic N) is 1. The molecule has 0 spiro atoms. The molecule has 4 heteroatoms. The lowest BCUT2D eigenvalue weighted by Gasteiger charge is -2.19. The van der Waals surface area contributed by atoms with Crippen LogP contribution in [-0.2, 0) is 19.4 Å². The number of nitrogens with two attached hydrogens (primary N) is 1. The van der Waals surface area contributed by atoms with Gasteiger partial charge in [0.1, 0.15) is 12.4 Å². The van der Waals surface area contributed by atoms with Crippen LogP contribution in [0, 0.1) is 0 Å². The largest absolute Gasteiger partial charge is 0.487 e. The van der Waals surface area contributed by atoms with E-state index in [-0.39, 0.29) is 0 Å². The molecule has 1 aromatic carbocycles. The zero-order valence-electron chi connectivity index (χ0n) is 10.2. The third-order valence-electron chi connectivity index (χ3n) is 3.30. The third-order valence-corrected chi connectivity index (χ3v) is 4.02. The van der Waals surface area contributed by atoms with Gasteiger partial charge in [-0.25, -0.2) is 4.98 Å². The number of ether oxygens (including phenoxy) is 1. The van der Waals surface area contributed by atoms with Crippen LogP contribution in [0.15, 0.2) is 23.6 Å². The van der Waals surface area contributed by atoms with Gasteiger partial charge in [-0.3, -0.25) is 0 Å². The van der Waals surface area contributed by atoms with Crippen molar-refractivity contribution in [1.29, 1.82) is 0 Å². The van der Waals surface area contributed by atoms with Gasteiger partial charge < -0.3 is 10.5 Å². The molecule has 0 saturated heterocycles. The molecule has 0 atom stereocenters. The average molecular weight is 260 g/mol. The van der Waals surface area contributed by atoms with Crippen LogP contribution < -0.4 is 10.5 Å². The summed E-state index contributed by atoms with van der Waals surface area (Å²) in [6, 6.07) is 6.34. The molecule has 0 amide bonds. The van der Waals surface area contributed by atoms with Gasteiger partial charge in [0.05, 0.1) is 5.69 Å². The molecule has 0 bridgehead atoms. The summed E-state index contributed by atoms with van der Waals surface area (Å²) in [5.41, 5.74) is 9.34. The summed E-state index contributed by atoms with van der Waals surface area (Å²) < 4.78 is 5.89. The molecular formula is C14H16N2OS. The minimum absolute atomic E-state index is 0.504. The van der Waals surface area contributed by atoms with Crippen LogP contribution in [0.25, 0.3) is 0 Å². The molecule has 2 N–H and O–H groups in total. The molecule has 0 radical (unpaired) electrons. The molecule has 2 aromatic rings. The number of rotatable bonds is 3. The molecule has 0 fully saturated rings. The van der Waals surface area contributed by atoms with E-state index in [9.17, 15) is 0 Å². The number of aromatic nitrogens is 1. The van der Waals surface area contributed by atoms with Gasteiger partial charge in [-0.05, 0) is 42.9 Å². The lowest BCUT2D eigenvalue weighted by atomic mass is 9.91. The molecule has 0 aliphatic heterocycles. The molecule has 1 aliphatic carbocycles. The lowest BCUT2D eigenvalue weighted by molar-refractivity contribution is 0.297. The van der Waals surface area contributed by atoms with Crippen LogP contribution in [0.1, 0.15) is 29.7 Å². The van der Waals surface area contributed by atoms with Crippen molar-refractivity contribution in [3.63, 3.8) is 0 Å². The minimum atomic E-state index is 0.504. The van der Waals surface area contributed by atoms with Crippen molar-refractivity contribution >= 4 is 16.5 Å². The van der Waals surface area contributed by atoms with E-state index in [2.05, 4.69) is 23.2 Å². The summed E-state index contributed by atoms with van der Waals surface area (Å²) in [5, 5.41) is 2.55. The Labute approximate surface area is 111 Å². The quantitative estimate of drug-likeness (QED) is 0.922. The van der Waals surface area contributed by atoms with Crippen molar-refractivity contribution < 1.29 is 4.74 Å². The monoisotopic (exact) mass is 260 g/mol. The van der Waals surface area contributed by atoms with E-state index in [1.807, 2.05) is 5.38 Å². The van der Waals surface area contributed by atoms with Crippen molar-refractivity contribution in [1.82, 2.24) is 4.98 Å². The van der Waals surface area contributed by atoms with Crippen LogP contribution >= 0.6 is 11.3 Å². The van der Waals surface area contributed by atoms with E-state index in [0.29, 0.717) is 11.7 Å². The zero-order chi connectivity index (χ0) is 12.4. The van der Waals surface area contributed by atoms with Gasteiger partial charge in [-0.2, -0.15) is 0 Å². The lowest BCUT2D eigenvalue weighted by Crippen LogP contribution is -2.06. The predicted molar refractivity (Wildman–Crippen MR) is 73.9 cm³/mol. The summed E-state index contributed by atoms with van der Waals surface area (Å²) in [6.45, 7) is 0.504. The van der Waals surface area contributed by atoms with Crippen molar-refractivity contribution in [2.24, 2.45) is 0 Å². The van der Waals surface area contributed by atoms with E-state index < -0.39 is 0 Å². The van der Waals surface area contributed by atoms with Gasteiger partial charge in [0, 0.05) is 5.38 Å². The first-order valence-electron chi connectivity index (χ1n) is 6.26. The number of thiazole rings is 1. The highest BCUT2D eigenvalue weighted by atomic mass is 32.1. The van der Waals surface area contributed by atoms with Crippen LogP contribution in [0.3, 0.4) is 0 Å². The van der Waals surface area contributed by atoms with E-state index in [0.717, 1.165) is 17.9 Å². The number of hydrogen-bond donors (Lipinski definition) is 1. The second-order valence-electron chi connectivity index (χ2n) is 4.57. The second kappa shape index (κ2) is 4.98. The number of aryl methyl sites for hydroxylation is 1. The highest BCUT2D eigenvalue weighted by molar-refractivity contribution is 7.13. The maximum absolute atomic E-state index is 5.89.